The molecule has 1 aliphatic rings. The van der Waals surface area contributed by atoms with Crippen molar-refractivity contribution in [2.24, 2.45) is 7.05 Å². The summed E-state index contributed by atoms with van der Waals surface area (Å²) in [6.45, 7) is 9.33. The van der Waals surface area contributed by atoms with Gasteiger partial charge in [-0.1, -0.05) is 52.0 Å². The summed E-state index contributed by atoms with van der Waals surface area (Å²) in [7, 11) is 1.95. The molecule has 0 N–H and O–H groups in total. The number of hydrogen-bond donors (Lipinski definition) is 0. The molecule has 0 saturated carbocycles. The molecule has 1 aliphatic carbocycles. The number of pyridine rings is 1. The Labute approximate surface area is 206 Å². The lowest BCUT2D eigenvalue weighted by atomic mass is 9.62. The minimum atomic E-state index is -2.17. The van der Waals surface area contributed by atoms with E-state index in [1.165, 1.54) is 28.3 Å². The Hall–Kier alpha value is -3.13. The maximum absolute atomic E-state index is 7.93. The maximum Gasteiger partial charge on any atom is 0.216 e. The van der Waals surface area contributed by atoms with E-state index in [2.05, 4.69) is 71.0 Å². The fraction of sp³-hybridized carbons (Fsp3) is 0.344. The van der Waals surface area contributed by atoms with E-state index in [0.29, 0.717) is 5.56 Å². The highest BCUT2D eigenvalue weighted by atomic mass is 16.3. The van der Waals surface area contributed by atoms with E-state index >= 15 is 0 Å². The molecule has 2 aromatic heterocycles. The zero-order valence-corrected chi connectivity index (χ0v) is 21.0. The van der Waals surface area contributed by atoms with Gasteiger partial charge in [-0.3, -0.25) is 0 Å². The van der Waals surface area contributed by atoms with Gasteiger partial charge in [-0.15, -0.1) is 0 Å². The first kappa shape index (κ1) is 18.2. The third kappa shape index (κ3) is 2.97. The molecule has 6 rings (SSSR count). The van der Waals surface area contributed by atoms with Gasteiger partial charge in [0.2, 0.25) is 5.69 Å². The standard InChI is InChI=1S/C32H34NO/c1-19-12-15-33(7)26(16-19)28-20(2)8-10-22-24-17-21-9-11-25-29(23(21)18-27(24)34-30(22)28)32(5,6)14-13-31(25,3)4/h8-12,15-18H,13-14H2,1-7H3/q+1/i1D3. The van der Waals surface area contributed by atoms with Gasteiger partial charge in [0, 0.05) is 27.0 Å². The largest absolute Gasteiger partial charge is 0.455 e. The van der Waals surface area contributed by atoms with Crippen LogP contribution >= 0.6 is 0 Å². The van der Waals surface area contributed by atoms with Crippen molar-refractivity contribution in [2.45, 2.75) is 65.1 Å². The topological polar surface area (TPSA) is 17.0 Å². The molecule has 0 unspecified atom stereocenters. The van der Waals surface area contributed by atoms with Crippen LogP contribution in [-0.2, 0) is 17.9 Å². The number of hydrogen-bond acceptors (Lipinski definition) is 1. The predicted octanol–water partition coefficient (Wildman–Crippen LogP) is 8.20. The van der Waals surface area contributed by atoms with Crippen molar-refractivity contribution in [3.63, 3.8) is 0 Å². The summed E-state index contributed by atoms with van der Waals surface area (Å²) in [6, 6.07) is 16.8. The number of rotatable bonds is 1. The molecule has 2 heterocycles. The number of benzene rings is 3. The minimum absolute atomic E-state index is 0.0925. The van der Waals surface area contributed by atoms with Gasteiger partial charge < -0.3 is 4.42 Å². The second-order valence-electron chi connectivity index (χ2n) is 11.5. The molecule has 0 amide bonds. The highest BCUT2D eigenvalue weighted by Crippen LogP contribution is 2.49. The normalized spacial score (nSPS) is 18.6. The van der Waals surface area contributed by atoms with Crippen molar-refractivity contribution in [3.05, 3.63) is 77.0 Å². The van der Waals surface area contributed by atoms with Crippen LogP contribution < -0.4 is 4.57 Å². The molecule has 0 bridgehead atoms. The Morgan fingerprint density at radius 2 is 1.68 bits per heavy atom. The van der Waals surface area contributed by atoms with Gasteiger partial charge in [0.1, 0.15) is 18.2 Å². The molecular formula is C32H34NO+. The highest BCUT2D eigenvalue weighted by Gasteiger charge is 2.38. The van der Waals surface area contributed by atoms with Crippen molar-refractivity contribution in [1.29, 1.82) is 0 Å². The lowest BCUT2D eigenvalue weighted by Crippen LogP contribution is -2.34. The van der Waals surface area contributed by atoms with Crippen molar-refractivity contribution in [3.8, 4) is 11.3 Å². The molecular weight excluding hydrogens is 414 g/mol. The Morgan fingerprint density at radius 3 is 2.47 bits per heavy atom. The molecule has 2 heteroatoms. The number of aromatic nitrogens is 1. The van der Waals surface area contributed by atoms with Crippen LogP contribution in [0, 0.1) is 13.8 Å². The number of aryl methyl sites for hydroxylation is 3. The Balaban J connectivity index is 1.68. The molecule has 34 heavy (non-hydrogen) atoms. The monoisotopic (exact) mass is 451 g/mol. The van der Waals surface area contributed by atoms with E-state index < -0.39 is 6.85 Å². The molecule has 172 valence electrons. The third-order valence-electron chi connectivity index (χ3n) is 8.18. The average molecular weight is 452 g/mol. The Bertz CT molecular complexity index is 1740. The summed E-state index contributed by atoms with van der Waals surface area (Å²) in [4.78, 5) is 0. The first-order valence-electron chi connectivity index (χ1n) is 13.7. The van der Waals surface area contributed by atoms with Gasteiger partial charge >= 0.3 is 0 Å². The first-order chi connectivity index (χ1) is 17.3. The lowest BCUT2D eigenvalue weighted by molar-refractivity contribution is -0.660. The molecule has 2 nitrogen and oxygen atoms in total. The number of fused-ring (bicyclic) bond motifs is 6. The zero-order chi connectivity index (χ0) is 26.5. The van der Waals surface area contributed by atoms with Crippen LogP contribution in [0.15, 0.2) is 59.1 Å². The van der Waals surface area contributed by atoms with Crippen molar-refractivity contribution < 1.29 is 13.1 Å². The van der Waals surface area contributed by atoms with Gasteiger partial charge in [-0.05, 0) is 82.6 Å². The van der Waals surface area contributed by atoms with E-state index in [-0.39, 0.29) is 10.8 Å². The van der Waals surface area contributed by atoms with E-state index in [1.54, 1.807) is 12.1 Å². The van der Waals surface area contributed by atoms with Gasteiger partial charge in [-0.25, -0.2) is 4.57 Å². The summed E-state index contributed by atoms with van der Waals surface area (Å²) >= 11 is 0. The highest BCUT2D eigenvalue weighted by molar-refractivity contribution is 6.13. The zero-order valence-electron chi connectivity index (χ0n) is 24.0. The van der Waals surface area contributed by atoms with E-state index in [1.807, 2.05) is 17.8 Å². The molecule has 0 spiro atoms. The first-order valence-corrected chi connectivity index (χ1v) is 12.2. The van der Waals surface area contributed by atoms with Crippen LogP contribution in [0.3, 0.4) is 0 Å². The van der Waals surface area contributed by atoms with Gasteiger partial charge in [0.05, 0.1) is 5.56 Å². The second kappa shape index (κ2) is 6.95. The molecule has 0 aliphatic heterocycles. The molecule has 0 atom stereocenters. The Morgan fingerprint density at radius 1 is 0.882 bits per heavy atom. The van der Waals surface area contributed by atoms with Crippen molar-refractivity contribution >= 4 is 32.7 Å². The van der Waals surface area contributed by atoms with Crippen molar-refractivity contribution in [2.75, 3.05) is 0 Å². The molecule has 5 aromatic rings. The second-order valence-corrected chi connectivity index (χ2v) is 11.5. The lowest BCUT2D eigenvalue weighted by Gasteiger charge is -2.42. The number of furan rings is 1. The van der Waals surface area contributed by atoms with E-state index in [9.17, 15) is 0 Å². The summed E-state index contributed by atoms with van der Waals surface area (Å²) in [5.74, 6) is 0. The Kier molecular flexibility index (Phi) is 3.72. The average Bonchev–Trinajstić information content (AvgIpc) is 3.17. The molecule has 0 fully saturated rings. The van der Waals surface area contributed by atoms with E-state index in [4.69, 9.17) is 8.53 Å². The summed E-state index contributed by atoms with van der Waals surface area (Å²) in [5.41, 5.74) is 7.95. The smallest absolute Gasteiger partial charge is 0.216 e. The third-order valence-corrected chi connectivity index (χ3v) is 8.18. The number of nitrogens with zero attached hydrogens (tertiary/aromatic N) is 1. The van der Waals surface area contributed by atoms with Crippen LogP contribution in [0.2, 0.25) is 0 Å². The van der Waals surface area contributed by atoms with Gasteiger partial charge in [-0.2, -0.15) is 0 Å². The van der Waals surface area contributed by atoms with Crippen LogP contribution in [0.4, 0.5) is 0 Å². The fourth-order valence-corrected chi connectivity index (χ4v) is 6.07. The van der Waals surface area contributed by atoms with Crippen LogP contribution in [0.25, 0.3) is 44.0 Å². The quantitative estimate of drug-likeness (QED) is 0.235. The minimum Gasteiger partial charge on any atom is -0.455 e. The predicted molar refractivity (Wildman–Crippen MR) is 143 cm³/mol. The SMILES string of the molecule is [2H]C([2H])([2H])c1cc[n+](C)c(-c2c(C)ccc3c2oc2cc4c5c(ccc4cc23)C(C)(C)CCC5(C)C)c1. The van der Waals surface area contributed by atoms with Gasteiger partial charge in [0.25, 0.3) is 0 Å². The van der Waals surface area contributed by atoms with Gasteiger partial charge in [0.15, 0.2) is 6.20 Å². The summed E-state index contributed by atoms with van der Waals surface area (Å²) in [6.07, 6.45) is 4.16. The van der Waals surface area contributed by atoms with Crippen LogP contribution in [0.1, 0.15) is 66.9 Å². The molecule has 3 aromatic carbocycles. The fourth-order valence-electron chi connectivity index (χ4n) is 6.07. The van der Waals surface area contributed by atoms with E-state index in [0.717, 1.165) is 45.2 Å². The molecule has 0 saturated heterocycles. The van der Waals surface area contributed by atoms with Crippen molar-refractivity contribution in [1.82, 2.24) is 0 Å². The summed E-state index contributed by atoms with van der Waals surface area (Å²) < 4.78 is 32.4. The maximum atomic E-state index is 7.93. The van der Waals surface area contributed by atoms with Crippen LogP contribution in [0.5, 0.6) is 0 Å². The van der Waals surface area contributed by atoms with Crippen LogP contribution in [-0.4, -0.2) is 0 Å². The molecule has 0 radical (unpaired) electrons. The summed E-state index contributed by atoms with van der Waals surface area (Å²) in [5, 5.41) is 4.65.